The predicted molar refractivity (Wildman–Crippen MR) is 57.2 cm³/mol. The molecule has 0 heterocycles. The molecule has 1 heteroatoms. The van der Waals surface area contributed by atoms with Crippen LogP contribution in [0, 0.1) is 28.1 Å². The minimum Gasteiger partial charge on any atom is -0.198 e. The fourth-order valence-corrected chi connectivity index (χ4v) is 1.49. The molecule has 0 bridgehead atoms. The average molecular weight is 181 g/mol. The lowest BCUT2D eigenvalue weighted by Gasteiger charge is -2.34. The van der Waals surface area contributed by atoms with Crippen molar-refractivity contribution in [3.63, 3.8) is 0 Å². The van der Waals surface area contributed by atoms with Crippen LogP contribution in [0.5, 0.6) is 0 Å². The molecule has 76 valence electrons. The van der Waals surface area contributed by atoms with Crippen LogP contribution in [0.2, 0.25) is 0 Å². The molecule has 0 saturated carbocycles. The van der Waals surface area contributed by atoms with Gasteiger partial charge in [0, 0.05) is 0 Å². The first-order valence-corrected chi connectivity index (χ1v) is 5.18. The zero-order chi connectivity index (χ0) is 10.7. The molecule has 0 aromatic heterocycles. The first-order chi connectivity index (χ1) is 5.77. The molecular formula is C12H23N. The molecular weight excluding hydrogens is 158 g/mol. The van der Waals surface area contributed by atoms with Crippen LogP contribution in [-0.2, 0) is 0 Å². The van der Waals surface area contributed by atoms with Crippen molar-refractivity contribution in [3.8, 4) is 6.07 Å². The van der Waals surface area contributed by atoms with Gasteiger partial charge in [0.1, 0.15) is 0 Å². The van der Waals surface area contributed by atoms with E-state index in [2.05, 4.69) is 47.6 Å². The van der Waals surface area contributed by atoms with Gasteiger partial charge in [-0.05, 0) is 24.7 Å². The zero-order valence-corrected chi connectivity index (χ0v) is 9.94. The molecule has 0 radical (unpaired) electrons. The molecule has 0 spiro atoms. The highest BCUT2D eigenvalue weighted by Gasteiger charge is 2.34. The van der Waals surface area contributed by atoms with Gasteiger partial charge in [-0.3, -0.25) is 0 Å². The van der Waals surface area contributed by atoms with Gasteiger partial charge in [0.05, 0.1) is 11.5 Å². The molecule has 0 N–H and O–H groups in total. The van der Waals surface area contributed by atoms with Gasteiger partial charge in [0.2, 0.25) is 0 Å². The molecule has 1 atom stereocenters. The van der Waals surface area contributed by atoms with Crippen LogP contribution < -0.4 is 0 Å². The number of rotatable bonds is 4. The predicted octanol–water partition coefficient (Wildman–Crippen LogP) is 4.00. The van der Waals surface area contributed by atoms with Crippen molar-refractivity contribution in [2.24, 2.45) is 16.7 Å². The number of nitrogens with zero attached hydrogens (tertiary/aromatic N) is 1. The Balaban J connectivity index is 4.57. The van der Waals surface area contributed by atoms with Crippen molar-refractivity contribution in [1.82, 2.24) is 0 Å². The molecule has 0 aliphatic carbocycles. The summed E-state index contributed by atoms with van der Waals surface area (Å²) in [6.07, 6.45) is 2.13. The second kappa shape index (κ2) is 4.13. The van der Waals surface area contributed by atoms with Gasteiger partial charge in [-0.1, -0.05) is 41.0 Å². The van der Waals surface area contributed by atoms with Crippen LogP contribution in [0.3, 0.4) is 0 Å². The third-order valence-electron chi connectivity index (χ3n) is 3.33. The summed E-state index contributed by atoms with van der Waals surface area (Å²) in [7, 11) is 0. The number of nitriles is 1. The van der Waals surface area contributed by atoms with Gasteiger partial charge >= 0.3 is 0 Å². The van der Waals surface area contributed by atoms with Crippen molar-refractivity contribution >= 4 is 0 Å². The highest BCUT2D eigenvalue weighted by atomic mass is 14.4. The van der Waals surface area contributed by atoms with E-state index in [0.717, 1.165) is 12.8 Å². The Kier molecular flexibility index (Phi) is 3.97. The largest absolute Gasteiger partial charge is 0.198 e. The van der Waals surface area contributed by atoms with Crippen LogP contribution in [0.4, 0.5) is 0 Å². The van der Waals surface area contributed by atoms with Crippen LogP contribution in [0.15, 0.2) is 0 Å². The second-order valence-electron chi connectivity index (χ2n) is 5.38. The molecule has 0 fully saturated rings. The summed E-state index contributed by atoms with van der Waals surface area (Å²) in [4.78, 5) is 0. The Bertz CT molecular complexity index is 198. The molecule has 0 aliphatic heterocycles. The lowest BCUT2D eigenvalue weighted by Crippen LogP contribution is -2.28. The lowest BCUT2D eigenvalue weighted by molar-refractivity contribution is 0.172. The van der Waals surface area contributed by atoms with E-state index in [0.29, 0.717) is 5.92 Å². The zero-order valence-electron chi connectivity index (χ0n) is 9.94. The molecule has 1 unspecified atom stereocenters. The fourth-order valence-electron chi connectivity index (χ4n) is 1.49. The maximum absolute atomic E-state index is 9.16. The van der Waals surface area contributed by atoms with Crippen molar-refractivity contribution in [2.75, 3.05) is 0 Å². The van der Waals surface area contributed by atoms with Gasteiger partial charge < -0.3 is 0 Å². The summed E-state index contributed by atoms with van der Waals surface area (Å²) in [5, 5.41) is 9.16. The Hall–Kier alpha value is -0.510. The summed E-state index contributed by atoms with van der Waals surface area (Å²) >= 11 is 0. The molecule has 1 nitrogen and oxygen atoms in total. The van der Waals surface area contributed by atoms with E-state index in [1.54, 1.807) is 0 Å². The summed E-state index contributed by atoms with van der Waals surface area (Å²) < 4.78 is 0. The average Bonchev–Trinajstić information content (AvgIpc) is 2.03. The van der Waals surface area contributed by atoms with E-state index in [4.69, 9.17) is 5.26 Å². The van der Waals surface area contributed by atoms with Crippen LogP contribution >= 0.6 is 0 Å². The van der Waals surface area contributed by atoms with Gasteiger partial charge in [-0.15, -0.1) is 0 Å². The van der Waals surface area contributed by atoms with E-state index < -0.39 is 0 Å². The normalized spacial score (nSPS) is 16.8. The molecule has 13 heavy (non-hydrogen) atoms. The summed E-state index contributed by atoms with van der Waals surface area (Å²) in [6, 6.07) is 2.47. The van der Waals surface area contributed by atoms with Gasteiger partial charge in [-0.25, -0.2) is 0 Å². The lowest BCUT2D eigenvalue weighted by atomic mass is 9.68. The van der Waals surface area contributed by atoms with Crippen molar-refractivity contribution in [2.45, 2.75) is 54.4 Å². The van der Waals surface area contributed by atoms with E-state index in [1.165, 1.54) is 0 Å². The molecule has 0 aliphatic rings. The quantitative estimate of drug-likeness (QED) is 0.643. The Morgan fingerprint density at radius 2 is 1.69 bits per heavy atom. The van der Waals surface area contributed by atoms with Gasteiger partial charge in [0.25, 0.3) is 0 Å². The Morgan fingerprint density at radius 3 is 1.92 bits per heavy atom. The molecule has 0 aromatic carbocycles. The maximum atomic E-state index is 9.16. The minimum absolute atomic E-state index is 0.167. The number of hydrogen-bond donors (Lipinski definition) is 0. The SMILES string of the molecule is CCC(C)(C)CC(C)(C#N)C(C)C. The molecule has 0 rings (SSSR count). The standard InChI is InChI=1S/C12H23N/c1-7-11(4,5)8-12(6,9-13)10(2)3/h10H,7-8H2,1-6H3. The van der Waals surface area contributed by atoms with Crippen molar-refractivity contribution in [1.29, 1.82) is 5.26 Å². The second-order valence-corrected chi connectivity index (χ2v) is 5.38. The van der Waals surface area contributed by atoms with Crippen molar-refractivity contribution in [3.05, 3.63) is 0 Å². The Labute approximate surface area is 83.1 Å². The minimum atomic E-state index is -0.167. The fraction of sp³-hybridized carbons (Fsp3) is 0.917. The van der Waals surface area contributed by atoms with Crippen LogP contribution in [0.25, 0.3) is 0 Å². The highest BCUT2D eigenvalue weighted by Crippen LogP contribution is 2.40. The first-order valence-electron chi connectivity index (χ1n) is 5.18. The third-order valence-corrected chi connectivity index (χ3v) is 3.33. The van der Waals surface area contributed by atoms with E-state index in [-0.39, 0.29) is 10.8 Å². The monoisotopic (exact) mass is 181 g/mol. The third kappa shape index (κ3) is 3.38. The van der Waals surface area contributed by atoms with Crippen molar-refractivity contribution < 1.29 is 0 Å². The summed E-state index contributed by atoms with van der Waals surface area (Å²) in [5.41, 5.74) is 0.119. The first kappa shape index (κ1) is 12.5. The van der Waals surface area contributed by atoms with E-state index in [1.807, 2.05) is 0 Å². The number of hydrogen-bond acceptors (Lipinski definition) is 1. The highest BCUT2D eigenvalue weighted by molar-refractivity contribution is 5.00. The van der Waals surface area contributed by atoms with Crippen LogP contribution in [0.1, 0.15) is 54.4 Å². The van der Waals surface area contributed by atoms with E-state index >= 15 is 0 Å². The molecule has 0 amide bonds. The maximum Gasteiger partial charge on any atom is 0.0689 e. The summed E-state index contributed by atoms with van der Waals surface area (Å²) in [5.74, 6) is 0.434. The summed E-state index contributed by atoms with van der Waals surface area (Å²) in [6.45, 7) is 13.0. The van der Waals surface area contributed by atoms with E-state index in [9.17, 15) is 0 Å². The topological polar surface area (TPSA) is 23.8 Å². The van der Waals surface area contributed by atoms with Crippen LogP contribution in [-0.4, -0.2) is 0 Å². The van der Waals surface area contributed by atoms with Gasteiger partial charge in [0.15, 0.2) is 0 Å². The smallest absolute Gasteiger partial charge is 0.0689 e. The van der Waals surface area contributed by atoms with Gasteiger partial charge in [-0.2, -0.15) is 5.26 Å². The molecule has 0 aromatic rings. The Morgan fingerprint density at radius 1 is 1.23 bits per heavy atom. The molecule has 0 saturated heterocycles.